The summed E-state index contributed by atoms with van der Waals surface area (Å²) in [6.45, 7) is 0.509. The predicted octanol–water partition coefficient (Wildman–Crippen LogP) is 4.14. The summed E-state index contributed by atoms with van der Waals surface area (Å²) in [5, 5.41) is 4.25. The molecule has 1 N–H and O–H groups in total. The van der Waals surface area contributed by atoms with Gasteiger partial charge in [0.05, 0.1) is 12.4 Å². The topological polar surface area (TPSA) is 50.7 Å². The molecule has 0 radical (unpaired) electrons. The number of nitrogens with one attached hydrogen (secondary N) is 1. The van der Waals surface area contributed by atoms with Crippen molar-refractivity contribution >= 4 is 27.9 Å². The lowest BCUT2D eigenvalue weighted by molar-refractivity contribution is 0.618. The standard InChI is InChI=1S/C14H9ClF2N4S/c15-14-20-6-10(17)12(21-14)13-19-7-11(22-13)18-5-8-1-3-9(16)4-2-8/h1-4,6-7,18H,5H2. The summed E-state index contributed by atoms with van der Waals surface area (Å²) in [5.41, 5.74) is 0.993. The molecule has 0 aliphatic carbocycles. The smallest absolute Gasteiger partial charge is 0.223 e. The molecule has 0 spiro atoms. The van der Waals surface area contributed by atoms with Crippen molar-refractivity contribution in [3.8, 4) is 10.7 Å². The van der Waals surface area contributed by atoms with E-state index in [1.54, 1.807) is 18.3 Å². The van der Waals surface area contributed by atoms with E-state index >= 15 is 0 Å². The van der Waals surface area contributed by atoms with Crippen molar-refractivity contribution in [1.82, 2.24) is 15.0 Å². The Morgan fingerprint density at radius 1 is 1.09 bits per heavy atom. The second-order valence-corrected chi connectivity index (χ2v) is 5.71. The van der Waals surface area contributed by atoms with Crippen molar-refractivity contribution in [2.45, 2.75) is 6.54 Å². The van der Waals surface area contributed by atoms with Crippen molar-refractivity contribution in [3.63, 3.8) is 0 Å². The molecule has 1 aromatic carbocycles. The zero-order valence-electron chi connectivity index (χ0n) is 11.1. The molecule has 8 heteroatoms. The molecule has 3 rings (SSSR count). The fourth-order valence-corrected chi connectivity index (χ4v) is 2.69. The molecule has 3 aromatic rings. The molecule has 4 nitrogen and oxygen atoms in total. The van der Waals surface area contributed by atoms with Crippen LogP contribution in [0.1, 0.15) is 5.56 Å². The van der Waals surface area contributed by atoms with Crippen LogP contribution in [0.25, 0.3) is 10.7 Å². The van der Waals surface area contributed by atoms with Crippen LogP contribution >= 0.6 is 22.9 Å². The highest BCUT2D eigenvalue weighted by Gasteiger charge is 2.13. The second-order valence-electron chi connectivity index (χ2n) is 4.35. The van der Waals surface area contributed by atoms with Crippen LogP contribution in [-0.2, 0) is 6.54 Å². The Morgan fingerprint density at radius 3 is 2.64 bits per heavy atom. The summed E-state index contributed by atoms with van der Waals surface area (Å²) in [5.74, 6) is -0.858. The summed E-state index contributed by atoms with van der Waals surface area (Å²) in [6, 6.07) is 6.17. The molecule has 0 atom stereocenters. The van der Waals surface area contributed by atoms with E-state index in [1.165, 1.54) is 23.5 Å². The third-order valence-electron chi connectivity index (χ3n) is 2.80. The SMILES string of the molecule is Fc1ccc(CNc2cnc(-c3nc(Cl)ncc3F)s2)cc1. The Kier molecular flexibility index (Phi) is 4.26. The Labute approximate surface area is 133 Å². The van der Waals surface area contributed by atoms with Gasteiger partial charge in [0.25, 0.3) is 0 Å². The molecule has 2 aromatic heterocycles. The first-order valence-corrected chi connectivity index (χ1v) is 7.44. The number of hydrogen-bond donors (Lipinski definition) is 1. The van der Waals surface area contributed by atoms with Gasteiger partial charge in [-0.2, -0.15) is 0 Å². The minimum absolute atomic E-state index is 0.0348. The van der Waals surface area contributed by atoms with Crippen LogP contribution in [-0.4, -0.2) is 15.0 Å². The fraction of sp³-hybridized carbons (Fsp3) is 0.0714. The number of halogens is 3. The molecule has 0 amide bonds. The molecule has 0 fully saturated rings. The second kappa shape index (κ2) is 6.33. The van der Waals surface area contributed by atoms with Crippen LogP contribution in [0.15, 0.2) is 36.7 Å². The van der Waals surface area contributed by atoms with Crippen LogP contribution in [0.2, 0.25) is 5.28 Å². The summed E-state index contributed by atoms with van der Waals surface area (Å²) in [4.78, 5) is 11.5. The van der Waals surface area contributed by atoms with E-state index in [0.29, 0.717) is 11.6 Å². The number of nitrogens with zero attached hydrogens (tertiary/aromatic N) is 3. The molecule has 0 aliphatic heterocycles. The number of anilines is 1. The predicted molar refractivity (Wildman–Crippen MR) is 81.8 cm³/mol. The third kappa shape index (κ3) is 3.37. The molecule has 112 valence electrons. The molecule has 2 heterocycles. The van der Waals surface area contributed by atoms with Crippen LogP contribution in [0, 0.1) is 11.6 Å². The minimum Gasteiger partial charge on any atom is -0.372 e. The Bertz CT molecular complexity index is 792. The first kappa shape index (κ1) is 14.8. The van der Waals surface area contributed by atoms with Gasteiger partial charge in [-0.3, -0.25) is 0 Å². The van der Waals surface area contributed by atoms with E-state index in [0.717, 1.165) is 16.8 Å². The Balaban J connectivity index is 1.73. The van der Waals surface area contributed by atoms with Crippen molar-refractivity contribution in [2.75, 3.05) is 5.32 Å². The van der Waals surface area contributed by atoms with E-state index in [1.807, 2.05) is 0 Å². The Hall–Kier alpha value is -2.12. The van der Waals surface area contributed by atoms with E-state index in [4.69, 9.17) is 11.6 Å². The summed E-state index contributed by atoms with van der Waals surface area (Å²) >= 11 is 6.92. The van der Waals surface area contributed by atoms with E-state index in [9.17, 15) is 8.78 Å². The van der Waals surface area contributed by atoms with Crippen molar-refractivity contribution < 1.29 is 8.78 Å². The highest BCUT2D eigenvalue weighted by atomic mass is 35.5. The zero-order chi connectivity index (χ0) is 15.5. The monoisotopic (exact) mass is 338 g/mol. The van der Waals surface area contributed by atoms with Gasteiger partial charge >= 0.3 is 0 Å². The number of rotatable bonds is 4. The molecular weight excluding hydrogens is 330 g/mol. The average Bonchev–Trinajstić information content (AvgIpc) is 2.98. The minimum atomic E-state index is -0.580. The van der Waals surface area contributed by atoms with Crippen molar-refractivity contribution in [1.29, 1.82) is 0 Å². The number of hydrogen-bond acceptors (Lipinski definition) is 5. The van der Waals surface area contributed by atoms with Crippen LogP contribution in [0.4, 0.5) is 13.8 Å². The molecule has 0 aliphatic rings. The fourth-order valence-electron chi connectivity index (χ4n) is 1.75. The van der Waals surface area contributed by atoms with Gasteiger partial charge in [0, 0.05) is 6.54 Å². The van der Waals surface area contributed by atoms with Gasteiger partial charge in [-0.1, -0.05) is 23.5 Å². The quantitative estimate of drug-likeness (QED) is 0.726. The number of aromatic nitrogens is 3. The van der Waals surface area contributed by atoms with Gasteiger partial charge in [0.2, 0.25) is 5.28 Å². The number of thiazole rings is 1. The van der Waals surface area contributed by atoms with E-state index in [-0.39, 0.29) is 16.8 Å². The summed E-state index contributed by atoms with van der Waals surface area (Å²) in [7, 11) is 0. The van der Waals surface area contributed by atoms with Gasteiger partial charge in [0.1, 0.15) is 21.5 Å². The molecule has 22 heavy (non-hydrogen) atoms. The van der Waals surface area contributed by atoms with Gasteiger partial charge in [0.15, 0.2) is 5.82 Å². The summed E-state index contributed by atoms with van der Waals surface area (Å²) in [6.07, 6.45) is 2.59. The van der Waals surface area contributed by atoms with E-state index < -0.39 is 5.82 Å². The maximum absolute atomic E-state index is 13.7. The third-order valence-corrected chi connectivity index (χ3v) is 3.95. The Morgan fingerprint density at radius 2 is 1.86 bits per heavy atom. The van der Waals surface area contributed by atoms with Gasteiger partial charge < -0.3 is 5.32 Å². The normalized spacial score (nSPS) is 10.7. The number of benzene rings is 1. The van der Waals surface area contributed by atoms with Gasteiger partial charge in [-0.15, -0.1) is 0 Å². The average molecular weight is 339 g/mol. The van der Waals surface area contributed by atoms with Crippen LogP contribution in [0.3, 0.4) is 0 Å². The van der Waals surface area contributed by atoms with Gasteiger partial charge in [-0.25, -0.2) is 23.7 Å². The largest absolute Gasteiger partial charge is 0.372 e. The lowest BCUT2D eigenvalue weighted by Gasteiger charge is -2.02. The lowest BCUT2D eigenvalue weighted by atomic mass is 10.2. The molecule has 0 saturated heterocycles. The molecular formula is C14H9ClF2N4S. The highest BCUT2D eigenvalue weighted by molar-refractivity contribution is 7.18. The lowest BCUT2D eigenvalue weighted by Crippen LogP contribution is -1.97. The van der Waals surface area contributed by atoms with E-state index in [2.05, 4.69) is 20.3 Å². The molecule has 0 saturated carbocycles. The van der Waals surface area contributed by atoms with Crippen molar-refractivity contribution in [2.24, 2.45) is 0 Å². The first-order chi connectivity index (χ1) is 10.6. The van der Waals surface area contributed by atoms with Gasteiger partial charge in [-0.05, 0) is 29.3 Å². The maximum Gasteiger partial charge on any atom is 0.223 e. The molecule has 0 bridgehead atoms. The highest BCUT2D eigenvalue weighted by Crippen LogP contribution is 2.29. The first-order valence-electron chi connectivity index (χ1n) is 6.24. The summed E-state index contributed by atoms with van der Waals surface area (Å²) < 4.78 is 26.5. The molecule has 0 unspecified atom stereocenters. The van der Waals surface area contributed by atoms with Crippen LogP contribution in [0.5, 0.6) is 0 Å². The zero-order valence-corrected chi connectivity index (χ0v) is 12.6. The van der Waals surface area contributed by atoms with Crippen molar-refractivity contribution in [3.05, 3.63) is 59.1 Å². The maximum atomic E-state index is 13.7. The van der Waals surface area contributed by atoms with Crippen LogP contribution < -0.4 is 5.32 Å².